The molecule has 120 valence electrons. The van der Waals surface area contributed by atoms with Crippen molar-refractivity contribution in [2.75, 3.05) is 6.54 Å². The van der Waals surface area contributed by atoms with Gasteiger partial charge in [-0.1, -0.05) is 70.9 Å². The van der Waals surface area contributed by atoms with E-state index in [0.717, 1.165) is 19.4 Å². The summed E-state index contributed by atoms with van der Waals surface area (Å²) >= 11 is 0. The standard InChI is InChI=1S/C18H29F2N/c1-3-5-6-7-8-9-10-14-17(21-4-2)15-12-11-13-16(19)18(15)20/h11-13,17,21H,3-10,14H2,1-2H3. The molecule has 1 unspecified atom stereocenters. The van der Waals surface area contributed by atoms with Crippen molar-refractivity contribution in [3.63, 3.8) is 0 Å². The third-order valence-corrected chi connectivity index (χ3v) is 3.90. The third kappa shape index (κ3) is 6.56. The number of rotatable bonds is 11. The molecule has 0 heterocycles. The van der Waals surface area contributed by atoms with E-state index in [2.05, 4.69) is 12.2 Å². The van der Waals surface area contributed by atoms with Crippen LogP contribution in [0.15, 0.2) is 18.2 Å². The van der Waals surface area contributed by atoms with Crippen LogP contribution in [-0.2, 0) is 0 Å². The number of hydrogen-bond acceptors (Lipinski definition) is 1. The van der Waals surface area contributed by atoms with E-state index in [1.165, 1.54) is 44.6 Å². The Morgan fingerprint density at radius 3 is 2.29 bits per heavy atom. The van der Waals surface area contributed by atoms with E-state index in [-0.39, 0.29) is 6.04 Å². The average Bonchev–Trinajstić information content (AvgIpc) is 2.48. The van der Waals surface area contributed by atoms with Crippen LogP contribution in [0.25, 0.3) is 0 Å². The van der Waals surface area contributed by atoms with Crippen molar-refractivity contribution < 1.29 is 8.78 Å². The van der Waals surface area contributed by atoms with Gasteiger partial charge in [0, 0.05) is 11.6 Å². The zero-order valence-corrected chi connectivity index (χ0v) is 13.4. The SMILES string of the molecule is CCCCCCCCCC(NCC)c1cccc(F)c1F. The predicted octanol–water partition coefficient (Wildman–Crippen LogP) is 5.76. The lowest BCUT2D eigenvalue weighted by Gasteiger charge is -2.19. The molecule has 0 aliphatic heterocycles. The van der Waals surface area contributed by atoms with Gasteiger partial charge in [-0.3, -0.25) is 0 Å². The van der Waals surface area contributed by atoms with Gasteiger partial charge in [-0.2, -0.15) is 0 Å². The molecule has 1 rings (SSSR count). The molecule has 0 radical (unpaired) electrons. The molecule has 0 aromatic heterocycles. The fourth-order valence-corrected chi connectivity index (χ4v) is 2.71. The van der Waals surface area contributed by atoms with Crippen LogP contribution in [0.1, 0.15) is 76.8 Å². The first-order valence-electron chi connectivity index (χ1n) is 8.38. The minimum Gasteiger partial charge on any atom is -0.310 e. The first kappa shape index (κ1) is 18.1. The lowest BCUT2D eigenvalue weighted by molar-refractivity contribution is 0.437. The minimum absolute atomic E-state index is 0.0821. The highest BCUT2D eigenvalue weighted by molar-refractivity contribution is 5.22. The quantitative estimate of drug-likeness (QED) is 0.512. The monoisotopic (exact) mass is 297 g/mol. The van der Waals surface area contributed by atoms with Crippen LogP contribution in [-0.4, -0.2) is 6.54 Å². The highest BCUT2D eigenvalue weighted by atomic mass is 19.2. The van der Waals surface area contributed by atoms with Crippen LogP contribution >= 0.6 is 0 Å². The molecule has 0 aliphatic carbocycles. The minimum atomic E-state index is -0.755. The Morgan fingerprint density at radius 1 is 0.952 bits per heavy atom. The number of hydrogen-bond donors (Lipinski definition) is 1. The maximum Gasteiger partial charge on any atom is 0.163 e. The molecule has 1 aromatic carbocycles. The fraction of sp³-hybridized carbons (Fsp3) is 0.667. The summed E-state index contributed by atoms with van der Waals surface area (Å²) in [5.41, 5.74) is 0.461. The zero-order valence-electron chi connectivity index (χ0n) is 13.4. The average molecular weight is 297 g/mol. The molecule has 1 aromatic rings. The van der Waals surface area contributed by atoms with Crippen LogP contribution < -0.4 is 5.32 Å². The van der Waals surface area contributed by atoms with E-state index in [0.29, 0.717) is 5.56 Å². The van der Waals surface area contributed by atoms with Gasteiger partial charge in [0.2, 0.25) is 0 Å². The van der Waals surface area contributed by atoms with Gasteiger partial charge in [0.15, 0.2) is 11.6 Å². The molecule has 1 nitrogen and oxygen atoms in total. The summed E-state index contributed by atoms with van der Waals surface area (Å²) in [6.07, 6.45) is 9.50. The van der Waals surface area contributed by atoms with Crippen LogP contribution in [0, 0.1) is 11.6 Å². The Bertz CT molecular complexity index is 393. The summed E-state index contributed by atoms with van der Waals surface area (Å²) in [7, 11) is 0. The highest BCUT2D eigenvalue weighted by Crippen LogP contribution is 2.24. The smallest absolute Gasteiger partial charge is 0.163 e. The van der Waals surface area contributed by atoms with Crippen LogP contribution in [0.4, 0.5) is 8.78 Å². The second-order valence-electron chi connectivity index (χ2n) is 5.66. The van der Waals surface area contributed by atoms with Gasteiger partial charge in [-0.15, -0.1) is 0 Å². The molecular formula is C18H29F2N. The van der Waals surface area contributed by atoms with Crippen molar-refractivity contribution in [1.82, 2.24) is 5.32 Å². The van der Waals surface area contributed by atoms with Gasteiger partial charge in [0.25, 0.3) is 0 Å². The van der Waals surface area contributed by atoms with Crippen molar-refractivity contribution in [2.24, 2.45) is 0 Å². The predicted molar refractivity (Wildman–Crippen MR) is 85.4 cm³/mol. The summed E-state index contributed by atoms with van der Waals surface area (Å²) in [5, 5.41) is 3.27. The largest absolute Gasteiger partial charge is 0.310 e. The van der Waals surface area contributed by atoms with Gasteiger partial charge in [-0.25, -0.2) is 8.78 Å². The van der Waals surface area contributed by atoms with E-state index in [1.54, 1.807) is 12.1 Å². The van der Waals surface area contributed by atoms with Gasteiger partial charge in [0.05, 0.1) is 0 Å². The molecule has 1 atom stereocenters. The number of unbranched alkanes of at least 4 members (excludes halogenated alkanes) is 6. The Labute approximate surface area is 128 Å². The van der Waals surface area contributed by atoms with Crippen LogP contribution in [0.2, 0.25) is 0 Å². The van der Waals surface area contributed by atoms with Gasteiger partial charge in [-0.05, 0) is 19.0 Å². The van der Waals surface area contributed by atoms with Crippen molar-refractivity contribution >= 4 is 0 Å². The lowest BCUT2D eigenvalue weighted by Crippen LogP contribution is -2.22. The summed E-state index contributed by atoms with van der Waals surface area (Å²) in [4.78, 5) is 0. The maximum atomic E-state index is 13.9. The molecule has 0 spiro atoms. The van der Waals surface area contributed by atoms with Crippen molar-refractivity contribution in [3.05, 3.63) is 35.4 Å². The van der Waals surface area contributed by atoms with Crippen molar-refractivity contribution in [2.45, 2.75) is 71.3 Å². The Morgan fingerprint density at radius 2 is 1.62 bits per heavy atom. The third-order valence-electron chi connectivity index (χ3n) is 3.90. The van der Waals surface area contributed by atoms with Gasteiger partial charge < -0.3 is 5.32 Å². The van der Waals surface area contributed by atoms with E-state index >= 15 is 0 Å². The Kier molecular flexibility index (Phi) is 9.24. The van der Waals surface area contributed by atoms with Gasteiger partial charge >= 0.3 is 0 Å². The molecule has 0 saturated carbocycles. The Hall–Kier alpha value is -0.960. The normalized spacial score (nSPS) is 12.6. The fourth-order valence-electron chi connectivity index (χ4n) is 2.71. The van der Waals surface area contributed by atoms with Crippen LogP contribution in [0.3, 0.4) is 0 Å². The number of nitrogens with one attached hydrogen (secondary N) is 1. The molecule has 21 heavy (non-hydrogen) atoms. The number of benzene rings is 1. The second kappa shape index (κ2) is 10.7. The first-order chi connectivity index (χ1) is 10.2. The van der Waals surface area contributed by atoms with E-state index in [1.807, 2.05) is 6.92 Å². The molecule has 0 amide bonds. The first-order valence-corrected chi connectivity index (χ1v) is 8.38. The summed E-state index contributed by atoms with van der Waals surface area (Å²) in [5.74, 6) is -1.46. The Balaban J connectivity index is 2.41. The topological polar surface area (TPSA) is 12.0 Å². The lowest BCUT2D eigenvalue weighted by atomic mass is 9.98. The molecular weight excluding hydrogens is 268 g/mol. The molecule has 0 bridgehead atoms. The number of halogens is 2. The maximum absolute atomic E-state index is 13.9. The van der Waals surface area contributed by atoms with E-state index in [9.17, 15) is 8.78 Å². The zero-order chi connectivity index (χ0) is 15.5. The summed E-state index contributed by atoms with van der Waals surface area (Å²) < 4.78 is 27.2. The van der Waals surface area contributed by atoms with Crippen LogP contribution in [0.5, 0.6) is 0 Å². The molecule has 0 fully saturated rings. The summed E-state index contributed by atoms with van der Waals surface area (Å²) in [6.45, 7) is 4.97. The molecule has 3 heteroatoms. The van der Waals surface area contributed by atoms with E-state index < -0.39 is 11.6 Å². The molecule has 0 saturated heterocycles. The highest BCUT2D eigenvalue weighted by Gasteiger charge is 2.16. The molecule has 1 N–H and O–H groups in total. The summed E-state index contributed by atoms with van der Waals surface area (Å²) in [6, 6.07) is 4.37. The van der Waals surface area contributed by atoms with Gasteiger partial charge in [0.1, 0.15) is 0 Å². The second-order valence-corrected chi connectivity index (χ2v) is 5.66. The van der Waals surface area contributed by atoms with Crippen molar-refractivity contribution in [3.8, 4) is 0 Å². The van der Waals surface area contributed by atoms with E-state index in [4.69, 9.17) is 0 Å². The van der Waals surface area contributed by atoms with Crippen molar-refractivity contribution in [1.29, 1.82) is 0 Å². The molecule has 0 aliphatic rings.